The maximum absolute atomic E-state index is 12.3. The molecule has 4 nitrogen and oxygen atoms in total. The van der Waals surface area contributed by atoms with Gasteiger partial charge in [-0.05, 0) is 36.8 Å². The van der Waals surface area contributed by atoms with Crippen molar-refractivity contribution in [2.24, 2.45) is 5.92 Å². The molecule has 1 aliphatic rings. The minimum atomic E-state index is 0.293. The van der Waals surface area contributed by atoms with Crippen molar-refractivity contribution >= 4 is 5.91 Å². The lowest BCUT2D eigenvalue weighted by molar-refractivity contribution is -0.132. The molecule has 0 aliphatic carbocycles. The van der Waals surface area contributed by atoms with Crippen LogP contribution in [0.2, 0.25) is 0 Å². The van der Waals surface area contributed by atoms with Crippen LogP contribution in [0.4, 0.5) is 0 Å². The molecule has 1 fully saturated rings. The SMILES string of the molecule is O=C(CCc1ccccc1)N1CCC(Cn2cccn2)CC1. The van der Waals surface area contributed by atoms with E-state index in [1.165, 1.54) is 5.56 Å². The average molecular weight is 297 g/mol. The molecular formula is C18H23N3O. The van der Waals surface area contributed by atoms with Gasteiger partial charge < -0.3 is 4.90 Å². The van der Waals surface area contributed by atoms with Crippen LogP contribution >= 0.6 is 0 Å². The molecule has 1 saturated heterocycles. The number of likely N-dealkylation sites (tertiary alicyclic amines) is 1. The maximum atomic E-state index is 12.3. The Morgan fingerprint density at radius 3 is 2.59 bits per heavy atom. The van der Waals surface area contributed by atoms with Gasteiger partial charge in [-0.2, -0.15) is 5.10 Å². The first kappa shape index (κ1) is 14.8. The van der Waals surface area contributed by atoms with E-state index < -0.39 is 0 Å². The molecular weight excluding hydrogens is 274 g/mol. The maximum Gasteiger partial charge on any atom is 0.222 e. The Morgan fingerprint density at radius 1 is 1.14 bits per heavy atom. The average Bonchev–Trinajstić information content (AvgIpc) is 3.07. The van der Waals surface area contributed by atoms with E-state index in [2.05, 4.69) is 17.2 Å². The number of benzene rings is 1. The van der Waals surface area contributed by atoms with Crippen molar-refractivity contribution in [3.63, 3.8) is 0 Å². The highest BCUT2D eigenvalue weighted by molar-refractivity contribution is 5.76. The van der Waals surface area contributed by atoms with Gasteiger partial charge in [0.25, 0.3) is 0 Å². The van der Waals surface area contributed by atoms with Crippen molar-refractivity contribution in [3.8, 4) is 0 Å². The summed E-state index contributed by atoms with van der Waals surface area (Å²) in [6, 6.07) is 12.2. The van der Waals surface area contributed by atoms with Crippen molar-refractivity contribution in [3.05, 3.63) is 54.4 Å². The lowest BCUT2D eigenvalue weighted by Crippen LogP contribution is -2.39. The fourth-order valence-corrected chi connectivity index (χ4v) is 3.09. The standard InChI is InChI=1S/C18H23N3O/c22-18(8-7-16-5-2-1-3-6-16)20-13-9-17(10-14-20)15-21-12-4-11-19-21/h1-6,11-12,17H,7-10,13-15H2. The summed E-state index contributed by atoms with van der Waals surface area (Å²) in [6.45, 7) is 2.75. The molecule has 1 aliphatic heterocycles. The Labute approximate surface area is 131 Å². The summed E-state index contributed by atoms with van der Waals surface area (Å²) in [5.74, 6) is 0.930. The van der Waals surface area contributed by atoms with E-state index in [1.54, 1.807) is 0 Å². The monoisotopic (exact) mass is 297 g/mol. The van der Waals surface area contributed by atoms with Gasteiger partial charge in [0.2, 0.25) is 5.91 Å². The van der Waals surface area contributed by atoms with Crippen molar-refractivity contribution in [2.45, 2.75) is 32.2 Å². The molecule has 2 heterocycles. The van der Waals surface area contributed by atoms with Crippen LogP contribution in [0.25, 0.3) is 0 Å². The highest BCUT2D eigenvalue weighted by Gasteiger charge is 2.22. The second-order valence-electron chi connectivity index (χ2n) is 6.04. The van der Waals surface area contributed by atoms with E-state index in [0.29, 0.717) is 18.2 Å². The highest BCUT2D eigenvalue weighted by Crippen LogP contribution is 2.19. The summed E-state index contributed by atoms with van der Waals surface area (Å²) in [6.07, 6.45) is 7.45. The third-order valence-electron chi connectivity index (χ3n) is 4.44. The Kier molecular flexibility index (Phi) is 4.88. The van der Waals surface area contributed by atoms with E-state index in [-0.39, 0.29) is 0 Å². The zero-order chi connectivity index (χ0) is 15.2. The summed E-state index contributed by atoms with van der Waals surface area (Å²) in [5, 5.41) is 4.26. The zero-order valence-corrected chi connectivity index (χ0v) is 12.9. The van der Waals surface area contributed by atoms with Crippen LogP contribution in [0.1, 0.15) is 24.8 Å². The molecule has 2 aromatic rings. The number of aryl methyl sites for hydroxylation is 1. The van der Waals surface area contributed by atoms with Crippen LogP contribution in [0, 0.1) is 5.92 Å². The summed E-state index contributed by atoms with van der Waals surface area (Å²) in [5.41, 5.74) is 1.24. The number of nitrogens with zero attached hydrogens (tertiary/aromatic N) is 3. The van der Waals surface area contributed by atoms with Gasteiger partial charge in [0.05, 0.1) is 0 Å². The minimum absolute atomic E-state index is 0.293. The van der Waals surface area contributed by atoms with Gasteiger partial charge in [-0.15, -0.1) is 0 Å². The second-order valence-corrected chi connectivity index (χ2v) is 6.04. The Hall–Kier alpha value is -2.10. The van der Waals surface area contributed by atoms with E-state index in [0.717, 1.165) is 38.9 Å². The second kappa shape index (κ2) is 7.25. The summed E-state index contributed by atoms with van der Waals surface area (Å²) in [7, 11) is 0. The first-order valence-electron chi connectivity index (χ1n) is 8.10. The smallest absolute Gasteiger partial charge is 0.222 e. The summed E-state index contributed by atoms with van der Waals surface area (Å²) < 4.78 is 2.00. The Balaban J connectivity index is 1.42. The molecule has 4 heteroatoms. The fourth-order valence-electron chi connectivity index (χ4n) is 3.09. The predicted molar refractivity (Wildman–Crippen MR) is 86.3 cm³/mol. The number of rotatable bonds is 5. The Bertz CT molecular complexity index is 572. The van der Waals surface area contributed by atoms with Crippen molar-refractivity contribution < 1.29 is 4.79 Å². The number of carbonyl (C=O) groups is 1. The molecule has 1 aromatic heterocycles. The largest absolute Gasteiger partial charge is 0.343 e. The Morgan fingerprint density at radius 2 is 1.91 bits per heavy atom. The van der Waals surface area contributed by atoms with Gasteiger partial charge >= 0.3 is 0 Å². The van der Waals surface area contributed by atoms with Crippen LogP contribution in [0.5, 0.6) is 0 Å². The third-order valence-corrected chi connectivity index (χ3v) is 4.44. The number of piperidine rings is 1. The van der Waals surface area contributed by atoms with Crippen molar-refractivity contribution in [1.29, 1.82) is 0 Å². The fraction of sp³-hybridized carbons (Fsp3) is 0.444. The van der Waals surface area contributed by atoms with Crippen molar-refractivity contribution in [2.75, 3.05) is 13.1 Å². The van der Waals surface area contributed by atoms with Gasteiger partial charge in [-0.25, -0.2) is 0 Å². The lowest BCUT2D eigenvalue weighted by Gasteiger charge is -2.32. The first-order valence-corrected chi connectivity index (χ1v) is 8.10. The molecule has 0 atom stereocenters. The van der Waals surface area contributed by atoms with Gasteiger partial charge in [-0.3, -0.25) is 9.48 Å². The molecule has 3 rings (SSSR count). The summed E-state index contributed by atoms with van der Waals surface area (Å²) >= 11 is 0. The first-order chi connectivity index (χ1) is 10.8. The quantitative estimate of drug-likeness (QED) is 0.851. The molecule has 0 N–H and O–H groups in total. The lowest BCUT2D eigenvalue weighted by atomic mass is 9.96. The molecule has 0 saturated carbocycles. The highest BCUT2D eigenvalue weighted by atomic mass is 16.2. The molecule has 0 spiro atoms. The van der Waals surface area contributed by atoms with Gasteiger partial charge in [0.15, 0.2) is 0 Å². The minimum Gasteiger partial charge on any atom is -0.343 e. The number of hydrogen-bond donors (Lipinski definition) is 0. The van der Waals surface area contributed by atoms with E-state index in [1.807, 2.05) is 46.2 Å². The number of hydrogen-bond acceptors (Lipinski definition) is 2. The van der Waals surface area contributed by atoms with Crippen LogP contribution in [-0.2, 0) is 17.8 Å². The van der Waals surface area contributed by atoms with Crippen LogP contribution in [-0.4, -0.2) is 33.7 Å². The summed E-state index contributed by atoms with van der Waals surface area (Å²) in [4.78, 5) is 14.3. The van der Waals surface area contributed by atoms with E-state index in [4.69, 9.17) is 0 Å². The predicted octanol–water partition coefficient (Wildman–Crippen LogP) is 2.75. The topological polar surface area (TPSA) is 38.1 Å². The zero-order valence-electron chi connectivity index (χ0n) is 12.9. The normalized spacial score (nSPS) is 15.9. The molecule has 22 heavy (non-hydrogen) atoms. The molecule has 1 amide bonds. The number of aromatic nitrogens is 2. The van der Waals surface area contributed by atoms with Crippen molar-refractivity contribution in [1.82, 2.24) is 14.7 Å². The molecule has 116 valence electrons. The molecule has 1 aromatic carbocycles. The van der Waals surface area contributed by atoms with E-state index >= 15 is 0 Å². The van der Waals surface area contributed by atoms with Gasteiger partial charge in [0.1, 0.15) is 0 Å². The molecule has 0 bridgehead atoms. The van der Waals surface area contributed by atoms with Gasteiger partial charge in [-0.1, -0.05) is 30.3 Å². The van der Waals surface area contributed by atoms with Crippen LogP contribution in [0.3, 0.4) is 0 Å². The third kappa shape index (κ3) is 3.97. The van der Waals surface area contributed by atoms with Gasteiger partial charge in [0, 0.05) is 38.4 Å². The molecule has 0 radical (unpaired) electrons. The molecule has 0 unspecified atom stereocenters. The van der Waals surface area contributed by atoms with Crippen LogP contribution < -0.4 is 0 Å². The van der Waals surface area contributed by atoms with E-state index in [9.17, 15) is 4.79 Å². The van der Waals surface area contributed by atoms with Crippen LogP contribution in [0.15, 0.2) is 48.8 Å². The number of carbonyl (C=O) groups excluding carboxylic acids is 1. The number of amides is 1.